The average molecular weight is 162 g/mol. The quantitative estimate of drug-likeness (QED) is 0.607. The smallest absolute Gasteiger partial charge is 0.178 e. The van der Waals surface area contributed by atoms with Crippen LogP contribution in [0, 0.1) is 0 Å². The molecule has 0 N–H and O–H groups in total. The van der Waals surface area contributed by atoms with Crippen LogP contribution in [-0.4, -0.2) is 17.0 Å². The first-order valence-electron chi connectivity index (χ1n) is 1.88. The third-order valence-electron chi connectivity index (χ3n) is 0.357. The van der Waals surface area contributed by atoms with E-state index < -0.39 is 5.51 Å². The molecule has 0 aliphatic carbocycles. The van der Waals surface area contributed by atoms with Crippen LogP contribution in [0.15, 0.2) is 0 Å². The highest BCUT2D eigenvalue weighted by molar-refractivity contribution is 8.00. The second-order valence-corrected chi connectivity index (χ2v) is 2.62. The van der Waals surface area contributed by atoms with Crippen molar-refractivity contribution in [2.45, 2.75) is 5.51 Å². The Hall–Kier alpha value is 0.490. The number of alkyl halides is 3. The minimum absolute atomic E-state index is 0.0343. The summed E-state index contributed by atoms with van der Waals surface area (Å²) < 4.78 is 33.5. The van der Waals surface area contributed by atoms with Gasteiger partial charge in [0.15, 0.2) is 0 Å². The maximum Gasteiger partial charge on any atom is 0.441 e. The third kappa shape index (κ3) is 6.49. The summed E-state index contributed by atoms with van der Waals surface area (Å²) >= 11 is 3.57. The largest absolute Gasteiger partial charge is 0.441 e. The van der Waals surface area contributed by atoms with Gasteiger partial charge in [-0.15, -0.1) is 0 Å². The maximum atomic E-state index is 11.2. The molecule has 0 aromatic carbocycles. The molecule has 0 heterocycles. The van der Waals surface area contributed by atoms with E-state index in [1.165, 1.54) is 0 Å². The second kappa shape index (κ2) is 3.50. The molecule has 0 amide bonds. The van der Waals surface area contributed by atoms with Crippen molar-refractivity contribution in [1.29, 1.82) is 0 Å². The lowest BCUT2D eigenvalue weighted by Crippen LogP contribution is -2.01. The molecule has 0 fully saturated rings. The van der Waals surface area contributed by atoms with Crippen molar-refractivity contribution >= 4 is 24.4 Å². The van der Waals surface area contributed by atoms with E-state index >= 15 is 0 Å². The molecule has 50 valence electrons. The van der Waals surface area contributed by atoms with Crippen molar-refractivity contribution in [3.05, 3.63) is 0 Å². The summed E-state index contributed by atoms with van der Waals surface area (Å²) in [6.45, 7) is 0. The van der Waals surface area contributed by atoms with Crippen LogP contribution in [0.3, 0.4) is 0 Å². The van der Waals surface area contributed by atoms with Crippen LogP contribution >= 0.6 is 24.4 Å². The van der Waals surface area contributed by atoms with Gasteiger partial charge in [0.1, 0.15) is 0 Å². The molecule has 0 unspecified atom stereocenters. The number of halogens is 3. The summed E-state index contributed by atoms with van der Waals surface area (Å²) in [5.74, 6) is 0.302. The number of hydrogen-bond donors (Lipinski definition) is 1. The highest BCUT2D eigenvalue weighted by Crippen LogP contribution is 2.29. The van der Waals surface area contributed by atoms with Gasteiger partial charge in [0.25, 0.3) is 0 Å². The first-order valence-corrected chi connectivity index (χ1v) is 3.49. The predicted octanol–water partition coefficient (Wildman–Crippen LogP) is 2.17. The highest BCUT2D eigenvalue weighted by Gasteiger charge is 2.26. The Morgan fingerprint density at radius 2 is 1.88 bits per heavy atom. The van der Waals surface area contributed by atoms with Gasteiger partial charge in [-0.3, -0.25) is 0 Å². The Kier molecular flexibility index (Phi) is 3.72. The topological polar surface area (TPSA) is 0 Å². The van der Waals surface area contributed by atoms with Gasteiger partial charge < -0.3 is 0 Å². The molecular weight excluding hydrogens is 157 g/mol. The van der Waals surface area contributed by atoms with E-state index in [2.05, 4.69) is 12.6 Å². The van der Waals surface area contributed by atoms with E-state index in [0.29, 0.717) is 0 Å². The zero-order chi connectivity index (χ0) is 6.62. The maximum absolute atomic E-state index is 11.2. The number of hydrogen-bond acceptors (Lipinski definition) is 2. The van der Waals surface area contributed by atoms with Crippen LogP contribution < -0.4 is 0 Å². The first-order chi connectivity index (χ1) is 3.56. The van der Waals surface area contributed by atoms with Crippen molar-refractivity contribution in [2.24, 2.45) is 0 Å². The van der Waals surface area contributed by atoms with E-state index in [-0.39, 0.29) is 23.3 Å². The SMILES string of the molecule is FC(F)(F)SCCS. The molecule has 0 aromatic heterocycles. The number of thioether (sulfide) groups is 1. The molecule has 0 saturated heterocycles. The van der Waals surface area contributed by atoms with Crippen molar-refractivity contribution in [3.8, 4) is 0 Å². The van der Waals surface area contributed by atoms with E-state index in [1.807, 2.05) is 0 Å². The fourth-order valence-electron chi connectivity index (χ4n) is 0.161. The van der Waals surface area contributed by atoms with Gasteiger partial charge in [0.2, 0.25) is 0 Å². The molecule has 0 spiro atoms. The molecule has 5 heteroatoms. The van der Waals surface area contributed by atoms with E-state index in [4.69, 9.17) is 0 Å². The lowest BCUT2D eigenvalue weighted by molar-refractivity contribution is -0.0326. The Labute approximate surface area is 55.2 Å². The van der Waals surface area contributed by atoms with Crippen LogP contribution in [0.1, 0.15) is 0 Å². The third-order valence-corrected chi connectivity index (χ3v) is 1.62. The van der Waals surface area contributed by atoms with Crippen molar-refractivity contribution in [1.82, 2.24) is 0 Å². The Morgan fingerprint density at radius 3 is 2.00 bits per heavy atom. The van der Waals surface area contributed by atoms with Gasteiger partial charge >= 0.3 is 5.51 Å². The molecule has 0 nitrogen and oxygen atoms in total. The minimum atomic E-state index is -4.08. The van der Waals surface area contributed by atoms with Crippen molar-refractivity contribution in [3.63, 3.8) is 0 Å². The molecule has 8 heavy (non-hydrogen) atoms. The lowest BCUT2D eigenvalue weighted by atomic mass is 11.0. The van der Waals surface area contributed by atoms with Crippen LogP contribution in [-0.2, 0) is 0 Å². The fourth-order valence-corrected chi connectivity index (χ4v) is 0.758. The Bertz CT molecular complexity index is 60.0. The second-order valence-electron chi connectivity index (χ2n) is 1.02. The zero-order valence-electron chi connectivity index (χ0n) is 3.90. The van der Waals surface area contributed by atoms with Crippen molar-refractivity contribution in [2.75, 3.05) is 11.5 Å². The summed E-state index contributed by atoms with van der Waals surface area (Å²) in [6.07, 6.45) is 0. The molecule has 0 aromatic rings. The standard InChI is InChI=1S/C3H5F3S2/c4-3(5,6)8-2-1-7/h7H,1-2H2. The van der Waals surface area contributed by atoms with Gasteiger partial charge in [0, 0.05) is 5.75 Å². The molecule has 0 radical (unpaired) electrons. The van der Waals surface area contributed by atoms with E-state index in [1.54, 1.807) is 0 Å². The molecule has 0 saturated carbocycles. The lowest BCUT2D eigenvalue weighted by Gasteiger charge is -2.01. The van der Waals surface area contributed by atoms with Crippen LogP contribution in [0.4, 0.5) is 13.2 Å². The van der Waals surface area contributed by atoms with Gasteiger partial charge in [-0.1, -0.05) is 11.8 Å². The summed E-state index contributed by atoms with van der Waals surface area (Å²) in [5.41, 5.74) is -4.08. The van der Waals surface area contributed by atoms with E-state index in [9.17, 15) is 13.2 Å². The van der Waals surface area contributed by atoms with E-state index in [0.717, 1.165) is 0 Å². The van der Waals surface area contributed by atoms with Gasteiger partial charge in [-0.05, 0) is 5.75 Å². The molecule has 0 atom stereocenters. The molecule has 0 rings (SSSR count). The fraction of sp³-hybridized carbons (Fsp3) is 1.00. The Balaban J connectivity index is 3.11. The Morgan fingerprint density at radius 1 is 1.38 bits per heavy atom. The zero-order valence-corrected chi connectivity index (χ0v) is 5.61. The first kappa shape index (κ1) is 8.49. The van der Waals surface area contributed by atoms with Gasteiger partial charge in [-0.25, -0.2) is 0 Å². The molecule has 0 bridgehead atoms. The normalized spacial score (nSPS) is 12.0. The van der Waals surface area contributed by atoms with Gasteiger partial charge in [0.05, 0.1) is 0 Å². The van der Waals surface area contributed by atoms with Crippen LogP contribution in [0.2, 0.25) is 0 Å². The summed E-state index contributed by atoms with van der Waals surface area (Å²) in [5, 5.41) is 0. The van der Waals surface area contributed by atoms with Crippen LogP contribution in [0.25, 0.3) is 0 Å². The predicted molar refractivity (Wildman–Crippen MR) is 32.4 cm³/mol. The number of thiol groups is 1. The summed E-state index contributed by atoms with van der Waals surface area (Å²) in [6, 6.07) is 0. The monoisotopic (exact) mass is 162 g/mol. The summed E-state index contributed by atoms with van der Waals surface area (Å²) in [4.78, 5) is 0. The average Bonchev–Trinajstić information content (AvgIpc) is 1.59. The molecular formula is C3H5F3S2. The highest BCUT2D eigenvalue weighted by atomic mass is 32.2. The summed E-state index contributed by atoms with van der Waals surface area (Å²) in [7, 11) is 0. The van der Waals surface area contributed by atoms with Gasteiger partial charge in [-0.2, -0.15) is 25.8 Å². The van der Waals surface area contributed by atoms with Crippen molar-refractivity contribution < 1.29 is 13.2 Å². The molecule has 0 aliphatic rings. The minimum Gasteiger partial charge on any atom is -0.178 e. The van der Waals surface area contributed by atoms with Crippen LogP contribution in [0.5, 0.6) is 0 Å². The molecule has 0 aliphatic heterocycles. The number of rotatable bonds is 2.